The van der Waals surface area contributed by atoms with Crippen molar-refractivity contribution in [2.24, 2.45) is 0 Å². The Balaban J connectivity index is 1.76. The normalized spacial score (nSPS) is 10.8. The van der Waals surface area contributed by atoms with Gasteiger partial charge in [0, 0.05) is 25.2 Å². The molecule has 9 heteroatoms. The van der Waals surface area contributed by atoms with Crippen LogP contribution < -0.4 is 10.6 Å². The van der Waals surface area contributed by atoms with Crippen LogP contribution in [-0.2, 0) is 13.1 Å². The number of alkyl halides is 2. The minimum Gasteiger partial charge on any atom is -0.365 e. The Morgan fingerprint density at radius 1 is 1.26 bits per heavy atom. The van der Waals surface area contributed by atoms with Gasteiger partial charge in [0.05, 0.1) is 16.9 Å². The molecule has 0 saturated heterocycles. The van der Waals surface area contributed by atoms with Gasteiger partial charge in [0.15, 0.2) is 0 Å². The zero-order valence-corrected chi connectivity index (χ0v) is 14.7. The Morgan fingerprint density at radius 2 is 2.04 bits per heavy atom. The quantitative estimate of drug-likeness (QED) is 0.526. The van der Waals surface area contributed by atoms with E-state index in [0.29, 0.717) is 29.3 Å². The minimum absolute atomic E-state index is 0.288. The SMILES string of the molecule is Cc1nn(CC(F)F)cc1Nc1ncc(C=N)c(NCc2ccccc2)n1. The summed E-state index contributed by atoms with van der Waals surface area (Å²) in [5, 5.41) is 17.7. The highest BCUT2D eigenvalue weighted by Gasteiger charge is 2.12. The monoisotopic (exact) mass is 371 g/mol. The van der Waals surface area contributed by atoms with E-state index in [-0.39, 0.29) is 5.95 Å². The van der Waals surface area contributed by atoms with Gasteiger partial charge in [-0.2, -0.15) is 10.1 Å². The Kier molecular flexibility index (Phi) is 5.70. The van der Waals surface area contributed by atoms with Crippen LogP contribution in [0.3, 0.4) is 0 Å². The third-order valence-electron chi connectivity index (χ3n) is 3.79. The van der Waals surface area contributed by atoms with Crippen molar-refractivity contribution < 1.29 is 8.78 Å². The van der Waals surface area contributed by atoms with Gasteiger partial charge in [0.25, 0.3) is 6.43 Å². The van der Waals surface area contributed by atoms with Crippen molar-refractivity contribution in [2.75, 3.05) is 10.6 Å². The molecule has 0 aliphatic heterocycles. The Morgan fingerprint density at radius 3 is 2.74 bits per heavy atom. The first kappa shape index (κ1) is 18.4. The molecule has 0 radical (unpaired) electrons. The smallest absolute Gasteiger partial charge is 0.257 e. The van der Waals surface area contributed by atoms with Crippen LogP contribution in [0.1, 0.15) is 16.8 Å². The first-order valence-electron chi connectivity index (χ1n) is 8.29. The summed E-state index contributed by atoms with van der Waals surface area (Å²) < 4.78 is 26.2. The number of nitrogens with zero attached hydrogens (tertiary/aromatic N) is 4. The predicted octanol–water partition coefficient (Wildman–Crippen LogP) is 3.60. The summed E-state index contributed by atoms with van der Waals surface area (Å²) in [5.41, 5.74) is 2.73. The van der Waals surface area contributed by atoms with E-state index >= 15 is 0 Å². The molecule has 0 spiro atoms. The lowest BCUT2D eigenvalue weighted by atomic mass is 10.2. The van der Waals surface area contributed by atoms with Crippen molar-refractivity contribution in [1.82, 2.24) is 19.7 Å². The molecule has 0 amide bonds. The van der Waals surface area contributed by atoms with E-state index in [1.54, 1.807) is 6.92 Å². The lowest BCUT2D eigenvalue weighted by molar-refractivity contribution is 0.121. The third kappa shape index (κ3) is 4.84. The van der Waals surface area contributed by atoms with Gasteiger partial charge in [-0.05, 0) is 12.5 Å². The topological polar surface area (TPSA) is 91.5 Å². The summed E-state index contributed by atoms with van der Waals surface area (Å²) in [6.07, 6.45) is 1.71. The highest BCUT2D eigenvalue weighted by Crippen LogP contribution is 2.20. The summed E-state index contributed by atoms with van der Waals surface area (Å²) in [4.78, 5) is 8.57. The van der Waals surface area contributed by atoms with Crippen molar-refractivity contribution >= 4 is 23.7 Å². The van der Waals surface area contributed by atoms with Gasteiger partial charge in [-0.25, -0.2) is 13.8 Å². The second-order valence-electron chi connectivity index (χ2n) is 5.85. The number of aromatic nitrogens is 4. The molecule has 7 nitrogen and oxygen atoms in total. The van der Waals surface area contributed by atoms with E-state index < -0.39 is 13.0 Å². The largest absolute Gasteiger partial charge is 0.365 e. The van der Waals surface area contributed by atoms with E-state index in [4.69, 9.17) is 5.41 Å². The van der Waals surface area contributed by atoms with Crippen molar-refractivity contribution in [3.8, 4) is 0 Å². The van der Waals surface area contributed by atoms with Crippen molar-refractivity contribution in [1.29, 1.82) is 5.41 Å². The van der Waals surface area contributed by atoms with Crippen molar-refractivity contribution in [3.63, 3.8) is 0 Å². The van der Waals surface area contributed by atoms with Gasteiger partial charge >= 0.3 is 0 Å². The van der Waals surface area contributed by atoms with E-state index in [1.165, 1.54) is 23.3 Å². The third-order valence-corrected chi connectivity index (χ3v) is 3.79. The molecule has 0 atom stereocenters. The highest BCUT2D eigenvalue weighted by atomic mass is 19.3. The number of halogens is 2. The fourth-order valence-corrected chi connectivity index (χ4v) is 2.48. The van der Waals surface area contributed by atoms with E-state index in [9.17, 15) is 8.78 Å². The molecule has 1 aromatic carbocycles. The zero-order chi connectivity index (χ0) is 19.2. The van der Waals surface area contributed by atoms with Crippen molar-refractivity contribution in [2.45, 2.75) is 26.4 Å². The minimum atomic E-state index is -2.48. The van der Waals surface area contributed by atoms with Gasteiger partial charge in [-0.1, -0.05) is 30.3 Å². The van der Waals surface area contributed by atoms with Crippen LogP contribution in [-0.4, -0.2) is 32.4 Å². The molecule has 27 heavy (non-hydrogen) atoms. The van der Waals surface area contributed by atoms with Gasteiger partial charge < -0.3 is 16.0 Å². The molecular formula is C18H19F2N7. The van der Waals surface area contributed by atoms with E-state index in [1.807, 2.05) is 30.3 Å². The van der Waals surface area contributed by atoms with E-state index in [2.05, 4.69) is 25.7 Å². The summed E-state index contributed by atoms with van der Waals surface area (Å²) in [6.45, 7) is 1.79. The molecule has 0 aliphatic rings. The molecular weight excluding hydrogens is 352 g/mol. The summed E-state index contributed by atoms with van der Waals surface area (Å²) in [6, 6.07) is 9.80. The second kappa shape index (κ2) is 8.35. The molecule has 0 saturated carbocycles. The van der Waals surface area contributed by atoms with Crippen LogP contribution in [0.5, 0.6) is 0 Å². The number of anilines is 3. The summed E-state index contributed by atoms with van der Waals surface area (Å²) in [7, 11) is 0. The van der Waals surface area contributed by atoms with E-state index in [0.717, 1.165) is 5.56 Å². The number of nitrogens with one attached hydrogen (secondary N) is 3. The van der Waals surface area contributed by atoms with Crippen LogP contribution in [0.25, 0.3) is 0 Å². The molecule has 140 valence electrons. The molecule has 0 fully saturated rings. The maximum Gasteiger partial charge on any atom is 0.257 e. The number of hydrogen-bond donors (Lipinski definition) is 3. The van der Waals surface area contributed by atoms with Crippen molar-refractivity contribution in [3.05, 3.63) is 59.5 Å². The molecule has 2 heterocycles. The Hall–Kier alpha value is -3.36. The summed E-state index contributed by atoms with van der Waals surface area (Å²) >= 11 is 0. The van der Waals surface area contributed by atoms with Gasteiger partial charge in [0.1, 0.15) is 12.4 Å². The summed E-state index contributed by atoms with van der Waals surface area (Å²) in [5.74, 6) is 0.792. The fraction of sp³-hybridized carbons (Fsp3) is 0.222. The standard InChI is InChI=1S/C18H19F2N7/c1-12-15(10-27(26-12)11-16(19)20)24-18-23-9-14(7-21)17(25-18)22-8-13-5-3-2-4-6-13/h2-7,9-10,16,21H,8,11H2,1H3,(H2,22,23,24,25). The molecule has 3 rings (SSSR count). The molecule has 0 aliphatic carbocycles. The Bertz CT molecular complexity index is 909. The molecule has 0 unspecified atom stereocenters. The highest BCUT2D eigenvalue weighted by molar-refractivity contribution is 5.84. The number of aryl methyl sites for hydroxylation is 1. The second-order valence-corrected chi connectivity index (χ2v) is 5.85. The first-order chi connectivity index (χ1) is 13.0. The first-order valence-corrected chi connectivity index (χ1v) is 8.29. The van der Waals surface area contributed by atoms with Crippen LogP contribution in [0.2, 0.25) is 0 Å². The lowest BCUT2D eigenvalue weighted by Crippen LogP contribution is -2.08. The molecule has 3 N–H and O–H groups in total. The van der Waals surface area contributed by atoms with Gasteiger partial charge in [-0.3, -0.25) is 4.68 Å². The molecule has 0 bridgehead atoms. The average Bonchev–Trinajstić information content (AvgIpc) is 2.99. The zero-order valence-electron chi connectivity index (χ0n) is 14.7. The lowest BCUT2D eigenvalue weighted by Gasteiger charge is -2.10. The molecule has 2 aromatic heterocycles. The maximum atomic E-state index is 12.5. The van der Waals surface area contributed by atoms with Gasteiger partial charge in [-0.15, -0.1) is 0 Å². The average molecular weight is 371 g/mol. The number of benzene rings is 1. The maximum absolute atomic E-state index is 12.5. The van der Waals surface area contributed by atoms with Crippen LogP contribution >= 0.6 is 0 Å². The predicted molar refractivity (Wildman–Crippen MR) is 99.9 cm³/mol. The van der Waals surface area contributed by atoms with Crippen LogP contribution in [0, 0.1) is 12.3 Å². The van der Waals surface area contributed by atoms with Crippen LogP contribution in [0.4, 0.5) is 26.2 Å². The van der Waals surface area contributed by atoms with Gasteiger partial charge in [0.2, 0.25) is 5.95 Å². The Labute approximate surface area is 155 Å². The van der Waals surface area contributed by atoms with Crippen LogP contribution in [0.15, 0.2) is 42.7 Å². The fourth-order valence-electron chi connectivity index (χ4n) is 2.48. The number of rotatable bonds is 8. The number of hydrogen-bond acceptors (Lipinski definition) is 6. The molecule has 3 aromatic rings.